The standard InChI is InChI=1S/C11H17N8O13P3/c12-11-16-9-8(10(20)17-11)14-3-19(9)7-1-5(24-4-15-18-13)6(26-7)2-25-34(23)28-30-35(32-34)29-27-33(21,22)31-35/h3,5-7,23,34-35H,1-2,4H2,(H,21,22)(H3,12,16,17,20)/t5-,6-,7-/m1/s1. The molecule has 3 aliphatic rings. The number of H-pyrrole nitrogens is 1. The van der Waals surface area contributed by atoms with Gasteiger partial charge in [0.2, 0.25) is 0 Å². The fourth-order valence-corrected chi connectivity index (χ4v) is 9.28. The van der Waals surface area contributed by atoms with E-state index in [1.165, 1.54) is 10.9 Å². The second-order valence-electron chi connectivity index (χ2n) is 7.03. The minimum atomic E-state index is -4.61. The second kappa shape index (κ2) is 9.20. The zero-order valence-corrected chi connectivity index (χ0v) is 19.9. The van der Waals surface area contributed by atoms with Gasteiger partial charge in [-0.1, -0.05) is 0 Å². The van der Waals surface area contributed by atoms with Crippen molar-refractivity contribution in [2.45, 2.75) is 24.9 Å². The van der Waals surface area contributed by atoms with Crippen LogP contribution in [0.3, 0.4) is 0 Å². The molecule has 24 heteroatoms. The zero-order valence-electron chi connectivity index (χ0n) is 17.0. The minimum absolute atomic E-state index is 0.0240. The van der Waals surface area contributed by atoms with Crippen LogP contribution in [0.2, 0.25) is 0 Å². The first kappa shape index (κ1) is 24.8. The molecular weight excluding hydrogens is 545 g/mol. The molecule has 35 heavy (non-hydrogen) atoms. The summed E-state index contributed by atoms with van der Waals surface area (Å²) in [5, 5.41) is 3.31. The van der Waals surface area contributed by atoms with E-state index in [1.807, 2.05) is 0 Å². The average Bonchev–Trinajstić information content (AvgIpc) is 3.53. The third kappa shape index (κ3) is 5.03. The number of hydrogen-bond acceptors (Lipinski definition) is 16. The monoisotopic (exact) mass is 562 g/mol. The number of anilines is 1. The van der Waals surface area contributed by atoms with Gasteiger partial charge < -0.3 is 0 Å². The summed E-state index contributed by atoms with van der Waals surface area (Å²) in [6, 6.07) is 0. The van der Waals surface area contributed by atoms with Gasteiger partial charge in [-0.2, -0.15) is 0 Å². The van der Waals surface area contributed by atoms with Gasteiger partial charge in [0.15, 0.2) is 0 Å². The Morgan fingerprint density at radius 3 is 3.03 bits per heavy atom. The molecule has 5 heterocycles. The topological polar surface area (TPSA) is 279 Å². The fraction of sp³-hybridized carbons (Fsp3) is 0.545. The first-order chi connectivity index (χ1) is 16.6. The van der Waals surface area contributed by atoms with Gasteiger partial charge >= 0.3 is 193 Å². The molecule has 5 rings (SSSR count). The molecule has 0 bridgehead atoms. The number of aromatic nitrogens is 4. The second-order valence-corrected chi connectivity index (χ2v) is 12.5. The van der Waals surface area contributed by atoms with Crippen molar-refractivity contribution in [3.63, 3.8) is 0 Å². The molecule has 194 valence electrons. The van der Waals surface area contributed by atoms with E-state index in [2.05, 4.69) is 48.0 Å². The number of rotatable bonds is 7. The van der Waals surface area contributed by atoms with Crippen LogP contribution < -0.4 is 11.3 Å². The van der Waals surface area contributed by atoms with Crippen LogP contribution in [0, 0.1) is 0 Å². The van der Waals surface area contributed by atoms with Crippen molar-refractivity contribution in [3.05, 3.63) is 27.1 Å². The maximum absolute atomic E-state index is 12.1. The zero-order chi connectivity index (χ0) is 24.8. The molecule has 21 nitrogen and oxygen atoms in total. The van der Waals surface area contributed by atoms with E-state index in [4.69, 9.17) is 29.6 Å². The van der Waals surface area contributed by atoms with E-state index in [9.17, 15) is 19.1 Å². The third-order valence-corrected chi connectivity index (χ3v) is 10.6. The number of nitrogens with two attached hydrogens (primary N) is 1. The van der Waals surface area contributed by atoms with Crippen molar-refractivity contribution >= 4 is 41.3 Å². The summed E-state index contributed by atoms with van der Waals surface area (Å²) in [5.41, 5.74) is 13.8. The van der Waals surface area contributed by atoms with Gasteiger partial charge in [0.25, 0.3) is 0 Å². The molecule has 4 atom stereocenters. The van der Waals surface area contributed by atoms with Crippen LogP contribution in [0.5, 0.6) is 0 Å². The first-order valence-electron chi connectivity index (χ1n) is 9.45. The van der Waals surface area contributed by atoms with Crippen LogP contribution >= 0.6 is 24.2 Å². The fourth-order valence-electron chi connectivity index (χ4n) is 3.37. The Bertz CT molecular complexity index is 1290. The number of azide groups is 1. The number of nitrogens with zero attached hydrogens (tertiary/aromatic N) is 6. The Balaban J connectivity index is 1.31. The Hall–Kier alpha value is -1.89. The molecule has 1 spiro atoms. The number of aromatic amines is 1. The van der Waals surface area contributed by atoms with Crippen LogP contribution in [-0.4, -0.2) is 54.9 Å². The van der Waals surface area contributed by atoms with E-state index >= 15 is 0 Å². The van der Waals surface area contributed by atoms with Gasteiger partial charge in [-0.3, -0.25) is 0 Å². The molecule has 0 amide bonds. The van der Waals surface area contributed by atoms with Gasteiger partial charge in [0, 0.05) is 0 Å². The van der Waals surface area contributed by atoms with Crippen molar-refractivity contribution in [1.82, 2.24) is 19.5 Å². The van der Waals surface area contributed by atoms with Crippen LogP contribution in [0.25, 0.3) is 21.6 Å². The quantitative estimate of drug-likeness (QED) is 0.118. The third-order valence-electron chi connectivity index (χ3n) is 4.74. The average molecular weight is 562 g/mol. The van der Waals surface area contributed by atoms with Gasteiger partial charge in [-0.05, 0) is 0 Å². The Morgan fingerprint density at radius 1 is 1.46 bits per heavy atom. The number of phosphoric acid groups is 1. The first-order valence-corrected chi connectivity index (χ1v) is 14.3. The van der Waals surface area contributed by atoms with E-state index in [0.717, 1.165) is 0 Å². The molecule has 0 aromatic carbocycles. The molecule has 0 aliphatic carbocycles. The Kier molecular flexibility index (Phi) is 6.52. The van der Waals surface area contributed by atoms with Gasteiger partial charge in [0.1, 0.15) is 0 Å². The number of ether oxygens (including phenoxy) is 2. The number of nitrogens with one attached hydrogen (secondary N) is 1. The molecule has 0 saturated carbocycles. The number of hydrogen-bond donors (Lipinski definition) is 4. The Labute approximate surface area is 193 Å². The molecule has 0 radical (unpaired) electrons. The molecule has 3 aliphatic heterocycles. The van der Waals surface area contributed by atoms with Crippen LogP contribution in [0.1, 0.15) is 12.6 Å². The van der Waals surface area contributed by atoms with Crippen molar-refractivity contribution < 1.29 is 55.7 Å². The summed E-state index contributed by atoms with van der Waals surface area (Å²) in [6.07, 6.45) is -0.986. The molecule has 3 fully saturated rings. The van der Waals surface area contributed by atoms with E-state index < -0.39 is 54.8 Å². The van der Waals surface area contributed by atoms with Gasteiger partial charge in [-0.25, -0.2) is 0 Å². The van der Waals surface area contributed by atoms with E-state index in [1.54, 1.807) is 0 Å². The summed E-state index contributed by atoms with van der Waals surface area (Å²) in [4.78, 5) is 44.8. The maximum atomic E-state index is 12.1. The molecule has 2 aromatic rings. The summed E-state index contributed by atoms with van der Waals surface area (Å²) in [5.74, 6) is -0.132. The van der Waals surface area contributed by atoms with Crippen molar-refractivity contribution in [3.8, 4) is 0 Å². The predicted octanol–water partition coefficient (Wildman–Crippen LogP) is 0.528. The number of fused-ring (bicyclic) bond motifs is 1. The van der Waals surface area contributed by atoms with Gasteiger partial charge in [-0.15, -0.1) is 0 Å². The molecular formula is C11H17N8O13P3. The summed E-state index contributed by atoms with van der Waals surface area (Å²) >= 11 is 0. The summed E-state index contributed by atoms with van der Waals surface area (Å²) < 4.78 is 57.0. The molecule has 3 saturated heterocycles. The number of imidazole rings is 1. The van der Waals surface area contributed by atoms with Crippen molar-refractivity contribution in [2.24, 2.45) is 5.11 Å². The van der Waals surface area contributed by atoms with Crippen molar-refractivity contribution in [1.29, 1.82) is 0 Å². The predicted molar refractivity (Wildman–Crippen MR) is 111 cm³/mol. The Morgan fingerprint density at radius 2 is 2.29 bits per heavy atom. The molecule has 1 unspecified atom stereocenters. The van der Waals surface area contributed by atoms with E-state index in [0.29, 0.717) is 0 Å². The number of nitrogen functional groups attached to an aromatic ring is 1. The van der Waals surface area contributed by atoms with Crippen molar-refractivity contribution in [2.75, 3.05) is 19.1 Å². The van der Waals surface area contributed by atoms with Crippen LogP contribution in [-0.2, 0) is 45.9 Å². The summed E-state index contributed by atoms with van der Waals surface area (Å²) in [7, 11) is -13.6. The van der Waals surface area contributed by atoms with Gasteiger partial charge in [0.05, 0.1) is 0 Å². The normalized spacial score (nSPS) is 33.1. The van der Waals surface area contributed by atoms with E-state index in [-0.39, 0.29) is 30.3 Å². The summed E-state index contributed by atoms with van der Waals surface area (Å²) in [6.45, 7) is -0.768. The van der Waals surface area contributed by atoms with Crippen LogP contribution in [0.15, 0.2) is 16.2 Å². The molecule has 5 N–H and O–H groups in total. The molecule has 2 aromatic heterocycles. The SMILES string of the molecule is [N-]=[N+]=NCO[C@@H]1C[C@H](n2cnc3c(=O)[nH]c(N)nc32)O[C@@H]1CO[PH]1(O)OO[PH]2(OOP(=O)(O)O2)O1. The van der Waals surface area contributed by atoms with Crippen LogP contribution in [0.4, 0.5) is 5.95 Å².